The fourth-order valence-electron chi connectivity index (χ4n) is 1.55. The Bertz CT molecular complexity index is 548. The zero-order valence-corrected chi connectivity index (χ0v) is 12.5. The van der Waals surface area contributed by atoms with Gasteiger partial charge in [-0.1, -0.05) is 13.8 Å². The summed E-state index contributed by atoms with van der Waals surface area (Å²) in [4.78, 5) is 36.1. The zero-order valence-electron chi connectivity index (χ0n) is 11.6. The molecular weight excluding hydrogens is 284 g/mol. The first-order valence-corrected chi connectivity index (χ1v) is 6.25. The molecule has 0 radical (unpaired) electrons. The van der Waals surface area contributed by atoms with Gasteiger partial charge in [0.25, 0.3) is 5.56 Å². The number of H-pyrrole nitrogens is 1. The van der Waals surface area contributed by atoms with E-state index in [1.54, 1.807) is 0 Å². The summed E-state index contributed by atoms with van der Waals surface area (Å²) in [6.07, 6.45) is 2.79. The highest BCUT2D eigenvalue weighted by atomic mass is 35.5. The van der Waals surface area contributed by atoms with Crippen LogP contribution in [0.5, 0.6) is 0 Å². The standard InChI is InChI=1S/C12H20N4O3.ClH/c1-3-12(13,4-2)8-14-10(18)7-16-6-5-9(17)15-11(16)19;/h5-6H,3-4,7-8,13H2,1-2H3,(H,14,18)(H,15,17,19);1H. The Morgan fingerprint density at radius 2 is 2.00 bits per heavy atom. The van der Waals surface area contributed by atoms with Crippen LogP contribution < -0.4 is 22.3 Å². The lowest BCUT2D eigenvalue weighted by molar-refractivity contribution is -0.122. The van der Waals surface area contributed by atoms with Gasteiger partial charge in [0.2, 0.25) is 5.91 Å². The summed E-state index contributed by atoms with van der Waals surface area (Å²) in [6.45, 7) is 4.14. The highest BCUT2D eigenvalue weighted by Gasteiger charge is 2.20. The number of hydrogen-bond acceptors (Lipinski definition) is 4. The molecule has 0 atom stereocenters. The Hall–Kier alpha value is -1.60. The topological polar surface area (TPSA) is 110 Å². The second-order valence-corrected chi connectivity index (χ2v) is 4.58. The molecule has 0 aliphatic rings. The van der Waals surface area contributed by atoms with Crippen LogP contribution in [-0.4, -0.2) is 27.5 Å². The molecule has 1 rings (SSSR count). The number of amides is 1. The van der Waals surface area contributed by atoms with E-state index < -0.39 is 16.8 Å². The van der Waals surface area contributed by atoms with Gasteiger partial charge < -0.3 is 11.1 Å². The minimum absolute atomic E-state index is 0. The molecule has 20 heavy (non-hydrogen) atoms. The summed E-state index contributed by atoms with van der Waals surface area (Å²) >= 11 is 0. The van der Waals surface area contributed by atoms with E-state index >= 15 is 0 Å². The molecule has 0 spiro atoms. The summed E-state index contributed by atoms with van der Waals surface area (Å²) in [5, 5.41) is 2.70. The molecule has 0 unspecified atom stereocenters. The first-order valence-electron chi connectivity index (χ1n) is 6.25. The molecule has 1 aromatic rings. The molecule has 7 nitrogen and oxygen atoms in total. The van der Waals surface area contributed by atoms with Crippen molar-refractivity contribution in [2.24, 2.45) is 5.73 Å². The molecule has 1 amide bonds. The Labute approximate surface area is 123 Å². The molecule has 0 fully saturated rings. The normalized spacial score (nSPS) is 10.8. The minimum Gasteiger partial charge on any atom is -0.353 e. The van der Waals surface area contributed by atoms with Crippen LogP contribution in [0.1, 0.15) is 26.7 Å². The second kappa shape index (κ2) is 7.86. The largest absolute Gasteiger partial charge is 0.353 e. The van der Waals surface area contributed by atoms with Gasteiger partial charge in [0, 0.05) is 24.3 Å². The number of carbonyl (C=O) groups excluding carboxylic acids is 1. The Kier molecular flexibility index (Phi) is 7.23. The Balaban J connectivity index is 0.00000361. The van der Waals surface area contributed by atoms with E-state index in [0.29, 0.717) is 6.54 Å². The number of nitrogens with one attached hydrogen (secondary N) is 2. The van der Waals surface area contributed by atoms with Crippen molar-refractivity contribution in [3.8, 4) is 0 Å². The van der Waals surface area contributed by atoms with Crippen molar-refractivity contribution < 1.29 is 4.79 Å². The van der Waals surface area contributed by atoms with Crippen molar-refractivity contribution in [1.29, 1.82) is 0 Å². The lowest BCUT2D eigenvalue weighted by Crippen LogP contribution is -2.50. The van der Waals surface area contributed by atoms with Gasteiger partial charge in [0.05, 0.1) is 0 Å². The van der Waals surface area contributed by atoms with Crippen molar-refractivity contribution in [2.45, 2.75) is 38.8 Å². The maximum Gasteiger partial charge on any atom is 0.328 e. The van der Waals surface area contributed by atoms with Crippen LogP contribution in [0.15, 0.2) is 21.9 Å². The van der Waals surface area contributed by atoms with Crippen molar-refractivity contribution >= 4 is 18.3 Å². The molecular formula is C12H21ClN4O3. The minimum atomic E-state index is -0.604. The van der Waals surface area contributed by atoms with Crippen LogP contribution in [0, 0.1) is 0 Å². The number of hydrogen-bond donors (Lipinski definition) is 3. The molecule has 0 saturated heterocycles. The van der Waals surface area contributed by atoms with Crippen LogP contribution in [0.4, 0.5) is 0 Å². The van der Waals surface area contributed by atoms with Crippen molar-refractivity contribution in [3.05, 3.63) is 33.1 Å². The van der Waals surface area contributed by atoms with Crippen LogP contribution in [0.3, 0.4) is 0 Å². The third kappa shape index (κ3) is 5.18. The maximum absolute atomic E-state index is 11.7. The molecule has 1 aromatic heterocycles. The van der Waals surface area contributed by atoms with E-state index in [1.165, 1.54) is 12.3 Å². The van der Waals surface area contributed by atoms with Crippen molar-refractivity contribution in [1.82, 2.24) is 14.9 Å². The maximum atomic E-state index is 11.7. The smallest absolute Gasteiger partial charge is 0.328 e. The van der Waals surface area contributed by atoms with Gasteiger partial charge in [-0.3, -0.25) is 19.1 Å². The molecule has 4 N–H and O–H groups in total. The van der Waals surface area contributed by atoms with Gasteiger partial charge in [0.1, 0.15) is 6.54 Å². The van der Waals surface area contributed by atoms with Gasteiger partial charge in [-0.05, 0) is 12.8 Å². The molecule has 0 aliphatic heterocycles. The van der Waals surface area contributed by atoms with E-state index in [-0.39, 0.29) is 24.9 Å². The zero-order chi connectivity index (χ0) is 14.5. The number of aromatic nitrogens is 2. The van der Waals surface area contributed by atoms with Gasteiger partial charge in [-0.2, -0.15) is 0 Å². The van der Waals surface area contributed by atoms with Crippen LogP contribution in [-0.2, 0) is 11.3 Å². The summed E-state index contributed by atoms with van der Waals surface area (Å²) in [5.74, 6) is -0.314. The van der Waals surface area contributed by atoms with Crippen LogP contribution in [0.2, 0.25) is 0 Å². The van der Waals surface area contributed by atoms with Crippen LogP contribution in [0.25, 0.3) is 0 Å². The molecule has 0 aromatic carbocycles. The average Bonchev–Trinajstić information content (AvgIpc) is 2.39. The van der Waals surface area contributed by atoms with E-state index in [9.17, 15) is 14.4 Å². The van der Waals surface area contributed by atoms with Gasteiger partial charge in [-0.25, -0.2) is 4.79 Å². The van der Waals surface area contributed by atoms with Crippen molar-refractivity contribution in [2.75, 3.05) is 6.54 Å². The van der Waals surface area contributed by atoms with E-state index in [1.807, 2.05) is 13.8 Å². The van der Waals surface area contributed by atoms with Gasteiger partial charge in [0.15, 0.2) is 0 Å². The lowest BCUT2D eigenvalue weighted by atomic mass is 9.94. The summed E-state index contributed by atoms with van der Waals surface area (Å²) in [5.41, 5.74) is 4.54. The molecule has 0 saturated carbocycles. The predicted molar refractivity (Wildman–Crippen MR) is 79.1 cm³/mol. The molecule has 0 aliphatic carbocycles. The molecule has 8 heteroatoms. The van der Waals surface area contributed by atoms with E-state index in [2.05, 4.69) is 10.3 Å². The van der Waals surface area contributed by atoms with E-state index in [4.69, 9.17) is 5.73 Å². The molecule has 1 heterocycles. The second-order valence-electron chi connectivity index (χ2n) is 4.58. The summed E-state index contributed by atoms with van der Waals surface area (Å²) in [7, 11) is 0. The van der Waals surface area contributed by atoms with Crippen LogP contribution >= 0.6 is 12.4 Å². The third-order valence-corrected chi connectivity index (χ3v) is 3.26. The van der Waals surface area contributed by atoms with E-state index in [0.717, 1.165) is 17.4 Å². The first-order chi connectivity index (χ1) is 8.90. The lowest BCUT2D eigenvalue weighted by Gasteiger charge is -2.26. The van der Waals surface area contributed by atoms with Gasteiger partial charge >= 0.3 is 5.69 Å². The number of nitrogens with two attached hydrogens (primary N) is 1. The highest BCUT2D eigenvalue weighted by molar-refractivity contribution is 5.85. The number of halogens is 1. The monoisotopic (exact) mass is 304 g/mol. The van der Waals surface area contributed by atoms with Gasteiger partial charge in [-0.15, -0.1) is 12.4 Å². The number of aromatic amines is 1. The number of rotatable bonds is 6. The van der Waals surface area contributed by atoms with Crippen molar-refractivity contribution in [3.63, 3.8) is 0 Å². The fraction of sp³-hybridized carbons (Fsp3) is 0.583. The Morgan fingerprint density at radius 1 is 1.40 bits per heavy atom. The average molecular weight is 305 g/mol. The molecule has 0 bridgehead atoms. The summed E-state index contributed by atoms with van der Waals surface area (Å²) < 4.78 is 1.13. The molecule has 114 valence electrons. The summed E-state index contributed by atoms with van der Waals surface area (Å²) in [6, 6.07) is 1.19. The third-order valence-electron chi connectivity index (χ3n) is 3.26. The fourth-order valence-corrected chi connectivity index (χ4v) is 1.55. The highest BCUT2D eigenvalue weighted by Crippen LogP contribution is 2.08. The first kappa shape index (κ1) is 18.4. The number of nitrogens with zero attached hydrogens (tertiary/aromatic N) is 1. The Morgan fingerprint density at radius 3 is 2.50 bits per heavy atom. The SMILES string of the molecule is CCC(N)(CC)CNC(=O)Cn1ccc(=O)[nH]c1=O.Cl. The quantitative estimate of drug-likeness (QED) is 0.663. The number of carbonyl (C=O) groups is 1. The predicted octanol–water partition coefficient (Wildman–Crippen LogP) is -0.408.